The fourth-order valence-corrected chi connectivity index (χ4v) is 2.89. The highest BCUT2D eigenvalue weighted by molar-refractivity contribution is 7.88. The van der Waals surface area contributed by atoms with Gasteiger partial charge in [-0.25, -0.2) is 8.42 Å². The lowest BCUT2D eigenvalue weighted by molar-refractivity contribution is -0.116. The van der Waals surface area contributed by atoms with Crippen molar-refractivity contribution in [3.05, 3.63) is 54.0 Å². The Morgan fingerprint density at radius 1 is 1.21 bits per heavy atom. The van der Waals surface area contributed by atoms with Gasteiger partial charge in [-0.3, -0.25) is 4.79 Å². The topological polar surface area (TPSA) is 79.6 Å². The Kier molecular flexibility index (Phi) is 5.80. The standard InChI is InChI=1S/C17H22N2O4S/c1-13(2)14-6-8-15(9-7-14)18-17(20)12-19(24(3,21)22)11-16-5-4-10-23-16/h4-10,13H,11-12H2,1-3H3,(H,18,20). The second-order valence-corrected chi connectivity index (χ2v) is 7.92. The molecule has 0 aliphatic carbocycles. The molecule has 0 fully saturated rings. The molecule has 7 heteroatoms. The quantitative estimate of drug-likeness (QED) is 0.833. The Morgan fingerprint density at radius 2 is 1.88 bits per heavy atom. The second-order valence-electron chi connectivity index (χ2n) is 5.94. The van der Waals surface area contributed by atoms with E-state index in [4.69, 9.17) is 4.42 Å². The molecule has 24 heavy (non-hydrogen) atoms. The molecule has 0 unspecified atom stereocenters. The highest BCUT2D eigenvalue weighted by Crippen LogP contribution is 2.17. The Labute approximate surface area is 142 Å². The lowest BCUT2D eigenvalue weighted by Crippen LogP contribution is -2.36. The molecule has 1 amide bonds. The van der Waals surface area contributed by atoms with E-state index in [0.717, 1.165) is 10.6 Å². The van der Waals surface area contributed by atoms with E-state index < -0.39 is 15.9 Å². The molecule has 0 radical (unpaired) electrons. The summed E-state index contributed by atoms with van der Waals surface area (Å²) in [5.41, 5.74) is 1.81. The van der Waals surface area contributed by atoms with E-state index in [1.165, 1.54) is 11.8 Å². The van der Waals surface area contributed by atoms with Crippen molar-refractivity contribution in [3.63, 3.8) is 0 Å². The smallest absolute Gasteiger partial charge is 0.239 e. The molecule has 130 valence electrons. The maximum Gasteiger partial charge on any atom is 0.239 e. The van der Waals surface area contributed by atoms with Gasteiger partial charge in [-0.05, 0) is 35.7 Å². The first-order chi connectivity index (χ1) is 11.3. The largest absolute Gasteiger partial charge is 0.468 e. The summed E-state index contributed by atoms with van der Waals surface area (Å²) in [6, 6.07) is 10.8. The number of anilines is 1. The van der Waals surface area contributed by atoms with E-state index in [-0.39, 0.29) is 13.1 Å². The summed E-state index contributed by atoms with van der Waals surface area (Å²) < 4.78 is 30.0. The van der Waals surface area contributed by atoms with Gasteiger partial charge in [0.15, 0.2) is 0 Å². The van der Waals surface area contributed by atoms with Crippen molar-refractivity contribution in [1.29, 1.82) is 0 Å². The third-order valence-electron chi connectivity index (χ3n) is 3.56. The van der Waals surface area contributed by atoms with E-state index in [2.05, 4.69) is 19.2 Å². The number of carbonyl (C=O) groups excluding carboxylic acids is 1. The summed E-state index contributed by atoms with van der Waals surface area (Å²) in [6.07, 6.45) is 2.53. The number of hydrogen-bond donors (Lipinski definition) is 1. The lowest BCUT2D eigenvalue weighted by Gasteiger charge is -2.18. The molecule has 0 aliphatic heterocycles. The minimum atomic E-state index is -3.53. The van der Waals surface area contributed by atoms with Gasteiger partial charge < -0.3 is 9.73 Å². The predicted octanol–water partition coefficient (Wildman–Crippen LogP) is 2.80. The number of nitrogens with one attached hydrogen (secondary N) is 1. The summed E-state index contributed by atoms with van der Waals surface area (Å²) in [5.74, 6) is 0.488. The number of amides is 1. The molecule has 6 nitrogen and oxygen atoms in total. The first-order valence-corrected chi connectivity index (χ1v) is 9.48. The number of sulfonamides is 1. The Bertz CT molecular complexity index is 765. The van der Waals surface area contributed by atoms with Crippen molar-refractivity contribution in [3.8, 4) is 0 Å². The van der Waals surface area contributed by atoms with Crippen molar-refractivity contribution in [2.45, 2.75) is 26.3 Å². The summed E-state index contributed by atoms with van der Waals surface area (Å²) in [7, 11) is -3.53. The van der Waals surface area contributed by atoms with Crippen LogP contribution in [0.2, 0.25) is 0 Å². The molecular weight excluding hydrogens is 328 g/mol. The average Bonchev–Trinajstić information content (AvgIpc) is 2.99. The van der Waals surface area contributed by atoms with E-state index in [9.17, 15) is 13.2 Å². The zero-order valence-corrected chi connectivity index (χ0v) is 14.8. The van der Waals surface area contributed by atoms with Crippen LogP contribution in [0.4, 0.5) is 5.69 Å². The van der Waals surface area contributed by atoms with E-state index in [0.29, 0.717) is 17.4 Å². The van der Waals surface area contributed by atoms with Crippen molar-refractivity contribution < 1.29 is 17.6 Å². The molecule has 0 saturated carbocycles. The molecule has 1 N–H and O–H groups in total. The molecule has 2 rings (SSSR count). The molecule has 1 aromatic heterocycles. The minimum absolute atomic E-state index is 0.0194. The number of benzene rings is 1. The van der Waals surface area contributed by atoms with Crippen LogP contribution in [0.3, 0.4) is 0 Å². The first-order valence-electron chi connectivity index (χ1n) is 7.63. The monoisotopic (exact) mass is 350 g/mol. The van der Waals surface area contributed by atoms with Crippen LogP contribution >= 0.6 is 0 Å². The van der Waals surface area contributed by atoms with Crippen LogP contribution in [0.5, 0.6) is 0 Å². The Balaban J connectivity index is 2.02. The molecule has 0 spiro atoms. The van der Waals surface area contributed by atoms with Gasteiger partial charge in [-0.1, -0.05) is 26.0 Å². The van der Waals surface area contributed by atoms with Gasteiger partial charge in [0, 0.05) is 5.69 Å². The van der Waals surface area contributed by atoms with Gasteiger partial charge in [-0.15, -0.1) is 0 Å². The zero-order chi connectivity index (χ0) is 17.7. The van der Waals surface area contributed by atoms with Crippen LogP contribution in [-0.2, 0) is 21.4 Å². The number of carbonyl (C=O) groups is 1. The van der Waals surface area contributed by atoms with E-state index in [1.54, 1.807) is 12.1 Å². The van der Waals surface area contributed by atoms with Crippen molar-refractivity contribution in [2.75, 3.05) is 18.1 Å². The molecule has 0 atom stereocenters. The highest BCUT2D eigenvalue weighted by atomic mass is 32.2. The van der Waals surface area contributed by atoms with Crippen LogP contribution < -0.4 is 5.32 Å². The third-order valence-corrected chi connectivity index (χ3v) is 4.76. The Hall–Kier alpha value is -2.12. The predicted molar refractivity (Wildman–Crippen MR) is 93.1 cm³/mol. The van der Waals surface area contributed by atoms with Crippen LogP contribution in [0.15, 0.2) is 47.1 Å². The lowest BCUT2D eigenvalue weighted by atomic mass is 10.0. The summed E-state index contributed by atoms with van der Waals surface area (Å²) in [4.78, 5) is 12.2. The van der Waals surface area contributed by atoms with Gasteiger partial charge in [0.1, 0.15) is 5.76 Å². The maximum absolute atomic E-state index is 12.2. The molecular formula is C17H22N2O4S. The zero-order valence-electron chi connectivity index (χ0n) is 14.0. The number of furan rings is 1. The SMILES string of the molecule is CC(C)c1ccc(NC(=O)CN(Cc2ccco2)S(C)(=O)=O)cc1. The van der Waals surface area contributed by atoms with Gasteiger partial charge in [0.25, 0.3) is 0 Å². The van der Waals surface area contributed by atoms with Crippen molar-refractivity contribution in [1.82, 2.24) is 4.31 Å². The number of rotatable bonds is 7. The summed E-state index contributed by atoms with van der Waals surface area (Å²) in [5, 5.41) is 2.71. The number of nitrogens with zero attached hydrogens (tertiary/aromatic N) is 1. The van der Waals surface area contributed by atoms with Crippen LogP contribution in [0.25, 0.3) is 0 Å². The van der Waals surface area contributed by atoms with E-state index in [1.807, 2.05) is 24.3 Å². The van der Waals surface area contributed by atoms with Crippen LogP contribution in [0.1, 0.15) is 31.1 Å². The molecule has 0 bridgehead atoms. The van der Waals surface area contributed by atoms with Gasteiger partial charge in [0.05, 0.1) is 25.6 Å². The first kappa shape index (κ1) is 18.2. The molecule has 2 aromatic rings. The molecule has 1 aromatic carbocycles. The normalized spacial score (nSPS) is 11.9. The molecule has 1 heterocycles. The fraction of sp³-hybridized carbons (Fsp3) is 0.353. The van der Waals surface area contributed by atoms with Gasteiger partial charge in [-0.2, -0.15) is 4.31 Å². The van der Waals surface area contributed by atoms with Crippen molar-refractivity contribution in [2.24, 2.45) is 0 Å². The molecule has 0 saturated heterocycles. The summed E-state index contributed by atoms with van der Waals surface area (Å²) in [6.45, 7) is 3.93. The maximum atomic E-state index is 12.2. The van der Waals surface area contributed by atoms with Crippen LogP contribution in [0, 0.1) is 0 Å². The van der Waals surface area contributed by atoms with Crippen LogP contribution in [-0.4, -0.2) is 31.4 Å². The minimum Gasteiger partial charge on any atom is -0.468 e. The Morgan fingerprint density at radius 3 is 2.38 bits per heavy atom. The van der Waals surface area contributed by atoms with E-state index >= 15 is 0 Å². The average molecular weight is 350 g/mol. The van der Waals surface area contributed by atoms with Gasteiger partial charge >= 0.3 is 0 Å². The van der Waals surface area contributed by atoms with Gasteiger partial charge in [0.2, 0.25) is 15.9 Å². The number of hydrogen-bond acceptors (Lipinski definition) is 4. The van der Waals surface area contributed by atoms with Crippen molar-refractivity contribution >= 4 is 21.6 Å². The summed E-state index contributed by atoms with van der Waals surface area (Å²) >= 11 is 0. The highest BCUT2D eigenvalue weighted by Gasteiger charge is 2.21. The fourth-order valence-electron chi connectivity index (χ4n) is 2.18. The second kappa shape index (κ2) is 7.63. The molecule has 0 aliphatic rings. The third kappa shape index (κ3) is 5.21.